The predicted molar refractivity (Wildman–Crippen MR) is 36.4 cm³/mol. The first-order valence-corrected chi connectivity index (χ1v) is 3.12. The van der Waals surface area contributed by atoms with Crippen LogP contribution in [0.15, 0.2) is 0 Å². The molecule has 0 unspecified atom stereocenters. The third-order valence-corrected chi connectivity index (χ3v) is 1.07. The average Bonchev–Trinajstić information content (AvgIpc) is 1.89. The summed E-state index contributed by atoms with van der Waals surface area (Å²) in [6.07, 6.45) is 2.90. The molecular formula is C6H14FNO2. The van der Waals surface area contributed by atoms with Crippen molar-refractivity contribution in [3.63, 3.8) is 0 Å². The van der Waals surface area contributed by atoms with Crippen LogP contribution in [0.3, 0.4) is 0 Å². The zero-order chi connectivity index (χ0) is 7.11. The molecule has 0 atom stereocenters. The van der Waals surface area contributed by atoms with Crippen molar-refractivity contribution in [2.75, 3.05) is 0 Å². The average molecular weight is 151 g/mol. The van der Waals surface area contributed by atoms with Crippen molar-refractivity contribution in [2.24, 2.45) is 0 Å². The molecule has 0 aliphatic rings. The normalized spacial score (nSPS) is 8.20. The molecule has 0 spiro atoms. The highest BCUT2D eigenvalue weighted by Gasteiger charge is 1.99. The van der Waals surface area contributed by atoms with Crippen LogP contribution >= 0.6 is 0 Å². The molecule has 0 radical (unpaired) electrons. The van der Waals surface area contributed by atoms with Crippen LogP contribution in [0.1, 0.15) is 32.6 Å². The lowest BCUT2D eigenvalue weighted by Gasteiger charge is -1.91. The maximum Gasteiger partial charge on any atom is 0.348 e. The summed E-state index contributed by atoms with van der Waals surface area (Å²) in [7, 11) is 0. The molecule has 4 heteroatoms. The Balaban J connectivity index is 0. The molecule has 0 amide bonds. The summed E-state index contributed by atoms with van der Waals surface area (Å²) in [6, 6.07) is 0. The van der Waals surface area contributed by atoms with E-state index in [1.165, 1.54) is 0 Å². The van der Waals surface area contributed by atoms with Crippen LogP contribution in [0.5, 0.6) is 0 Å². The van der Waals surface area contributed by atoms with Gasteiger partial charge in [-0.3, -0.25) is 4.94 Å². The second-order valence-electron chi connectivity index (χ2n) is 1.91. The van der Waals surface area contributed by atoms with Crippen LogP contribution in [-0.4, -0.2) is 5.97 Å². The standard InChI is InChI=1S/C6H11FO2.H3N/c1-2-3-4-5-6(8)9-7;/h2-5H2,1H3;1H3. The topological polar surface area (TPSA) is 61.3 Å². The first kappa shape index (κ1) is 12.1. The minimum Gasteiger partial charge on any atom is -0.344 e. The van der Waals surface area contributed by atoms with Gasteiger partial charge >= 0.3 is 5.97 Å². The van der Waals surface area contributed by atoms with Crippen LogP contribution in [-0.2, 0) is 9.74 Å². The number of rotatable bonds is 4. The molecule has 0 bridgehead atoms. The van der Waals surface area contributed by atoms with Crippen LogP contribution in [0.25, 0.3) is 0 Å². The second kappa shape index (κ2) is 8.36. The third kappa shape index (κ3) is 7.36. The molecule has 0 saturated carbocycles. The molecular weight excluding hydrogens is 137 g/mol. The lowest BCUT2D eigenvalue weighted by Crippen LogP contribution is -1.95. The van der Waals surface area contributed by atoms with Gasteiger partial charge in [-0.15, -0.1) is 0 Å². The summed E-state index contributed by atoms with van der Waals surface area (Å²) in [5, 5.41) is 0. The summed E-state index contributed by atoms with van der Waals surface area (Å²) in [5.74, 6) is -0.761. The number of halogens is 1. The largest absolute Gasteiger partial charge is 0.348 e. The number of hydrogen-bond acceptors (Lipinski definition) is 3. The van der Waals surface area contributed by atoms with Crippen LogP contribution < -0.4 is 6.15 Å². The second-order valence-corrected chi connectivity index (χ2v) is 1.91. The smallest absolute Gasteiger partial charge is 0.344 e. The third-order valence-electron chi connectivity index (χ3n) is 1.07. The Hall–Kier alpha value is -0.640. The Labute approximate surface area is 60.0 Å². The van der Waals surface area contributed by atoms with Crippen molar-refractivity contribution < 1.29 is 14.3 Å². The van der Waals surface area contributed by atoms with E-state index in [0.717, 1.165) is 19.3 Å². The molecule has 0 heterocycles. The molecule has 0 aromatic carbocycles. The van der Waals surface area contributed by atoms with E-state index in [2.05, 4.69) is 4.94 Å². The lowest BCUT2D eigenvalue weighted by molar-refractivity contribution is -0.183. The molecule has 0 aromatic heterocycles. The van der Waals surface area contributed by atoms with Gasteiger partial charge in [0.15, 0.2) is 0 Å². The number of unbranched alkanes of at least 4 members (excludes halogenated alkanes) is 2. The molecule has 0 aliphatic heterocycles. The van der Waals surface area contributed by atoms with Gasteiger partial charge in [0.2, 0.25) is 0 Å². The highest BCUT2D eigenvalue weighted by molar-refractivity contribution is 5.68. The maximum atomic E-state index is 11.0. The van der Waals surface area contributed by atoms with E-state index in [4.69, 9.17) is 0 Å². The zero-order valence-corrected chi connectivity index (χ0v) is 6.23. The number of carbonyl (C=O) groups excluding carboxylic acids is 1. The molecule has 0 fully saturated rings. The Morgan fingerprint density at radius 3 is 2.50 bits per heavy atom. The SMILES string of the molecule is CCCCCC(=O)OF.N. The van der Waals surface area contributed by atoms with Crippen molar-refractivity contribution >= 4 is 5.97 Å². The first-order chi connectivity index (χ1) is 4.31. The van der Waals surface area contributed by atoms with E-state index in [0.29, 0.717) is 0 Å². The van der Waals surface area contributed by atoms with Crippen molar-refractivity contribution in [3.05, 3.63) is 0 Å². The Morgan fingerprint density at radius 2 is 2.10 bits per heavy atom. The highest BCUT2D eigenvalue weighted by atomic mass is 19.3. The molecule has 0 saturated heterocycles. The fourth-order valence-electron chi connectivity index (χ4n) is 0.558. The molecule has 10 heavy (non-hydrogen) atoms. The van der Waals surface area contributed by atoms with E-state index >= 15 is 0 Å². The van der Waals surface area contributed by atoms with Crippen molar-refractivity contribution in [1.29, 1.82) is 0 Å². The molecule has 3 nitrogen and oxygen atoms in total. The van der Waals surface area contributed by atoms with Gasteiger partial charge in [-0.25, -0.2) is 4.79 Å². The number of carbonyl (C=O) groups is 1. The summed E-state index contributed by atoms with van der Waals surface area (Å²) in [4.78, 5) is 13.0. The van der Waals surface area contributed by atoms with Gasteiger partial charge in [0.1, 0.15) is 0 Å². The first-order valence-electron chi connectivity index (χ1n) is 3.12. The van der Waals surface area contributed by atoms with Crippen LogP contribution in [0, 0.1) is 0 Å². The Morgan fingerprint density at radius 1 is 1.50 bits per heavy atom. The molecule has 0 rings (SSSR count). The Bertz CT molecular complexity index is 87.8. The van der Waals surface area contributed by atoms with Crippen LogP contribution in [0.4, 0.5) is 4.53 Å². The van der Waals surface area contributed by atoms with E-state index in [1.807, 2.05) is 6.92 Å². The number of hydrogen-bond donors (Lipinski definition) is 1. The van der Waals surface area contributed by atoms with E-state index < -0.39 is 5.97 Å². The minimum absolute atomic E-state index is 0. The zero-order valence-electron chi connectivity index (χ0n) is 6.23. The summed E-state index contributed by atoms with van der Waals surface area (Å²) < 4.78 is 11.0. The van der Waals surface area contributed by atoms with Gasteiger partial charge in [0.05, 0.1) is 0 Å². The van der Waals surface area contributed by atoms with Gasteiger partial charge in [-0.05, 0) is 6.42 Å². The minimum atomic E-state index is -0.761. The molecule has 3 N–H and O–H groups in total. The Kier molecular flexibility index (Phi) is 10.1. The monoisotopic (exact) mass is 151 g/mol. The van der Waals surface area contributed by atoms with Crippen molar-refractivity contribution in [2.45, 2.75) is 32.6 Å². The van der Waals surface area contributed by atoms with Crippen molar-refractivity contribution in [1.82, 2.24) is 6.15 Å². The lowest BCUT2D eigenvalue weighted by atomic mass is 10.2. The molecule has 0 aromatic rings. The quantitative estimate of drug-likeness (QED) is 0.626. The van der Waals surface area contributed by atoms with Crippen molar-refractivity contribution in [3.8, 4) is 0 Å². The fraction of sp³-hybridized carbons (Fsp3) is 0.833. The van der Waals surface area contributed by atoms with Gasteiger partial charge in [-0.2, -0.15) is 0 Å². The highest BCUT2D eigenvalue weighted by Crippen LogP contribution is 1.99. The molecule has 62 valence electrons. The maximum absolute atomic E-state index is 11.0. The van der Waals surface area contributed by atoms with Gasteiger partial charge in [0.25, 0.3) is 0 Å². The van der Waals surface area contributed by atoms with Gasteiger partial charge in [0, 0.05) is 10.9 Å². The summed E-state index contributed by atoms with van der Waals surface area (Å²) in [6.45, 7) is 2.01. The van der Waals surface area contributed by atoms with Gasteiger partial charge in [-0.1, -0.05) is 19.8 Å². The van der Waals surface area contributed by atoms with E-state index in [1.54, 1.807) is 0 Å². The van der Waals surface area contributed by atoms with E-state index in [9.17, 15) is 9.32 Å². The summed E-state index contributed by atoms with van der Waals surface area (Å²) >= 11 is 0. The van der Waals surface area contributed by atoms with Crippen LogP contribution in [0.2, 0.25) is 0 Å². The fourth-order valence-corrected chi connectivity index (χ4v) is 0.558. The predicted octanol–water partition coefficient (Wildman–Crippen LogP) is 2.16. The molecule has 0 aliphatic carbocycles. The van der Waals surface area contributed by atoms with Gasteiger partial charge < -0.3 is 6.15 Å². The summed E-state index contributed by atoms with van der Waals surface area (Å²) in [5.41, 5.74) is 0. The van der Waals surface area contributed by atoms with E-state index in [-0.39, 0.29) is 12.6 Å².